The Hall–Kier alpha value is -6.69. The van der Waals surface area contributed by atoms with Crippen molar-refractivity contribution < 1.29 is 23.7 Å². The summed E-state index contributed by atoms with van der Waals surface area (Å²) >= 11 is 0. The van der Waals surface area contributed by atoms with Gasteiger partial charge in [0, 0.05) is 69.9 Å². The van der Waals surface area contributed by atoms with Crippen LogP contribution in [0.15, 0.2) is 115 Å². The van der Waals surface area contributed by atoms with Gasteiger partial charge >= 0.3 is 0 Å². The summed E-state index contributed by atoms with van der Waals surface area (Å²) < 4.78 is 28.0. The van der Waals surface area contributed by atoms with Gasteiger partial charge in [-0.25, -0.2) is 9.97 Å². The van der Waals surface area contributed by atoms with Gasteiger partial charge in [0.05, 0.1) is 51.4 Å². The lowest BCUT2D eigenvalue weighted by atomic mass is 9.87. The summed E-state index contributed by atoms with van der Waals surface area (Å²) in [6, 6.07) is 41.4. The molecule has 5 heterocycles. The first-order valence-electron chi connectivity index (χ1n) is 41.7. The molecule has 4 aromatic carbocycles. The summed E-state index contributed by atoms with van der Waals surface area (Å²) in [5, 5.41) is 16.9. The first-order chi connectivity index (χ1) is 51.4. The van der Waals surface area contributed by atoms with Gasteiger partial charge in [-0.2, -0.15) is 4.98 Å². The molecule has 0 unspecified atom stereocenters. The van der Waals surface area contributed by atoms with E-state index in [1.165, 1.54) is 66.3 Å². The minimum absolute atomic E-state index is 0.0107. The van der Waals surface area contributed by atoms with E-state index in [0.29, 0.717) is 12.1 Å². The number of hydrogen-bond donors (Lipinski definition) is 5. The quantitative estimate of drug-likeness (QED) is 0.0310. The van der Waals surface area contributed by atoms with E-state index in [1.54, 1.807) is 0 Å². The summed E-state index contributed by atoms with van der Waals surface area (Å²) in [7, 11) is 4.12. The van der Waals surface area contributed by atoms with E-state index in [9.17, 15) is 0 Å². The lowest BCUT2D eigenvalue weighted by Gasteiger charge is -2.34. The molecule has 0 radical (unpaired) electrons. The Bertz CT molecular complexity index is 3330. The Labute approximate surface area is 664 Å². The number of piperazine rings is 2. The van der Waals surface area contributed by atoms with Gasteiger partial charge in [0.2, 0.25) is 5.95 Å². The zero-order chi connectivity index (χ0) is 80.3. The van der Waals surface area contributed by atoms with Crippen LogP contribution in [-0.4, -0.2) is 158 Å². The average molecular weight is 1510 g/mol. The number of anilines is 4. The molecule has 0 spiro atoms. The van der Waals surface area contributed by atoms with Gasteiger partial charge in [-0.1, -0.05) is 214 Å². The fraction of sp³-hybridized carbons (Fsp3) is 0.645. The molecule has 10 rings (SSSR count). The summed E-state index contributed by atoms with van der Waals surface area (Å²) in [5.41, 5.74) is 8.88. The minimum Gasteiger partial charge on any atom is -0.494 e. The molecule has 16 heteroatoms. The molecule has 0 amide bonds. The van der Waals surface area contributed by atoms with Crippen LogP contribution in [0.2, 0.25) is 0 Å². The van der Waals surface area contributed by atoms with Crippen molar-refractivity contribution >= 4 is 23.4 Å². The number of unbranched alkanes of at least 4 members (excludes halogenated alkanes) is 2. The maximum absolute atomic E-state index is 5.72. The number of nitrogens with zero attached hydrogens (tertiary/aromatic N) is 6. The lowest BCUT2D eigenvalue weighted by Crippen LogP contribution is -2.45. The third-order valence-electron chi connectivity index (χ3n) is 19.8. The third-order valence-corrected chi connectivity index (χ3v) is 19.8. The number of likely N-dealkylation sites (N-methyl/N-ethyl adjacent to an activating group) is 1. The Balaban J connectivity index is 0.000000236. The van der Waals surface area contributed by atoms with Gasteiger partial charge < -0.3 is 65.0 Å². The number of rotatable bonds is 27. The number of pyridine rings is 1. The number of aromatic nitrogens is 3. The van der Waals surface area contributed by atoms with Crippen LogP contribution in [-0.2, 0) is 37.2 Å². The molecule has 1 saturated carbocycles. The van der Waals surface area contributed by atoms with Crippen LogP contribution in [0.4, 0.5) is 23.4 Å². The maximum atomic E-state index is 5.72. The SMILES string of the molecule is CC(C)(C)c1cc(NC2CCC2)nc(N2CCNCC2)c1.CC(C)CCCOc1ccc(C(C)(C)C)cc1.CCCCCOc1ccc(C(C)(C)C)cc1.CCNCCCOc1ccc(C(C)(C)C)cc1.CN1CCN(c2nc(NC3COC3)cc(C(C)(C)C)n2)CC1.CNCCCOc1ccc(C(C)(C)C)cc1. The van der Waals surface area contributed by atoms with Crippen LogP contribution in [0.1, 0.15) is 250 Å². The molecule has 16 nitrogen and oxygen atoms in total. The molecule has 4 fully saturated rings. The van der Waals surface area contributed by atoms with E-state index < -0.39 is 0 Å². The maximum Gasteiger partial charge on any atom is 0.227 e. The fourth-order valence-corrected chi connectivity index (χ4v) is 11.8. The fourth-order valence-electron chi connectivity index (χ4n) is 11.8. The second kappa shape index (κ2) is 46.3. The zero-order valence-corrected chi connectivity index (χ0v) is 73.0. The van der Waals surface area contributed by atoms with Crippen molar-refractivity contribution in [3.8, 4) is 23.0 Å². The molecule has 1 aliphatic carbocycles. The van der Waals surface area contributed by atoms with E-state index in [2.05, 4.69) is 316 Å². The molecule has 5 N–H and O–H groups in total. The second-order valence-electron chi connectivity index (χ2n) is 36.6. The monoisotopic (exact) mass is 1500 g/mol. The van der Waals surface area contributed by atoms with Crippen molar-refractivity contribution in [1.82, 2.24) is 35.8 Å². The van der Waals surface area contributed by atoms with E-state index >= 15 is 0 Å². The van der Waals surface area contributed by atoms with Crippen LogP contribution < -0.4 is 55.3 Å². The number of hydrogen-bond acceptors (Lipinski definition) is 16. The molecular formula is C93H153N11O5. The summed E-state index contributed by atoms with van der Waals surface area (Å²) in [4.78, 5) is 21.5. The Morgan fingerprint density at radius 2 is 0.881 bits per heavy atom. The van der Waals surface area contributed by atoms with Crippen molar-refractivity contribution in [3.63, 3.8) is 0 Å². The molecule has 109 heavy (non-hydrogen) atoms. The molecule has 3 aliphatic heterocycles. The summed E-state index contributed by atoms with van der Waals surface area (Å²) in [6.07, 6.45) is 12.0. The minimum atomic E-state index is 0.0107. The highest BCUT2D eigenvalue weighted by atomic mass is 16.5. The Morgan fingerprint density at radius 3 is 1.26 bits per heavy atom. The van der Waals surface area contributed by atoms with Crippen LogP contribution in [0, 0.1) is 5.92 Å². The first-order valence-corrected chi connectivity index (χ1v) is 41.7. The molecule has 4 aliphatic rings. The molecule has 2 aromatic heterocycles. The Kier molecular flexibility index (Phi) is 39.5. The van der Waals surface area contributed by atoms with E-state index in [1.807, 2.05) is 7.05 Å². The molecule has 3 saturated heterocycles. The van der Waals surface area contributed by atoms with E-state index in [4.69, 9.17) is 38.6 Å². The highest BCUT2D eigenvalue weighted by Gasteiger charge is 2.27. The predicted octanol–water partition coefficient (Wildman–Crippen LogP) is 19.8. The smallest absolute Gasteiger partial charge is 0.227 e. The van der Waals surface area contributed by atoms with Crippen molar-refractivity contribution in [3.05, 3.63) is 149 Å². The number of benzene rings is 4. The topological polar surface area (TPSA) is 155 Å². The third kappa shape index (κ3) is 36.6. The van der Waals surface area contributed by atoms with Crippen molar-refractivity contribution in [2.45, 2.75) is 261 Å². The number of ether oxygens (including phenoxy) is 5. The first kappa shape index (κ1) is 92.9. The molecular weight excluding hydrogens is 1350 g/mol. The predicted molar refractivity (Wildman–Crippen MR) is 466 cm³/mol. The van der Waals surface area contributed by atoms with E-state index in [-0.39, 0.29) is 32.5 Å². The molecule has 610 valence electrons. The summed E-state index contributed by atoms with van der Waals surface area (Å²) in [6.45, 7) is 65.0. The van der Waals surface area contributed by atoms with Gasteiger partial charge in [-0.3, -0.25) is 0 Å². The van der Waals surface area contributed by atoms with Crippen LogP contribution in [0.3, 0.4) is 0 Å². The van der Waals surface area contributed by atoms with Crippen molar-refractivity contribution in [1.29, 1.82) is 0 Å². The standard InChI is InChI=1S/C17H28N4.C16H27N5O.C16H26O.C15H25NO.C15H24O.C14H23NO/c1-17(2,3)13-11-15(19-14-5-4-6-14)20-16(12-13)21-9-7-18-8-10-21;1-16(2,3)13-9-14(17-12-10-22-11-12)19-15(18-13)21-7-5-20(4)6-8-21;1-13(2)7-6-12-17-15-10-8-14(9-11-15)16(3,4)5;1-5-16-11-6-12-17-14-9-7-13(8-10-14)15(2,3)4;1-5-6-7-12-16-14-10-8-13(9-11-14)15(2,3)4;1-14(2,3)12-6-8-13(9-7-12)16-11-5-10-15-4/h11-12,14,18H,4-10H2,1-3H3,(H,19,20);9,12H,5-8,10-11H2,1-4H3,(H,17,18,19);8-11,13H,6-7,12H2,1-5H3;7-10,16H,5-6,11-12H2,1-4H3;8-11H,5-7,12H2,1-4H3;6-9,15H,5,10-11H2,1-4H3. The largest absolute Gasteiger partial charge is 0.494 e. The van der Waals surface area contributed by atoms with Gasteiger partial charge in [0.15, 0.2) is 0 Å². The van der Waals surface area contributed by atoms with Crippen LogP contribution in [0.25, 0.3) is 0 Å². The molecule has 0 bridgehead atoms. The lowest BCUT2D eigenvalue weighted by molar-refractivity contribution is 0.0209. The van der Waals surface area contributed by atoms with Crippen molar-refractivity contribution in [2.24, 2.45) is 5.92 Å². The number of nitrogens with one attached hydrogen (secondary N) is 5. The highest BCUT2D eigenvalue weighted by Crippen LogP contribution is 2.33. The van der Waals surface area contributed by atoms with Crippen LogP contribution in [0.5, 0.6) is 23.0 Å². The van der Waals surface area contributed by atoms with Gasteiger partial charge in [0.25, 0.3) is 0 Å². The van der Waals surface area contributed by atoms with Crippen molar-refractivity contribution in [2.75, 3.05) is 146 Å². The van der Waals surface area contributed by atoms with Gasteiger partial charge in [0.1, 0.15) is 40.5 Å². The van der Waals surface area contributed by atoms with Crippen LogP contribution >= 0.6 is 0 Å². The van der Waals surface area contributed by atoms with Gasteiger partial charge in [-0.15, -0.1) is 0 Å². The Morgan fingerprint density at radius 1 is 0.459 bits per heavy atom. The molecule has 0 atom stereocenters. The zero-order valence-electron chi connectivity index (χ0n) is 73.0. The highest BCUT2D eigenvalue weighted by molar-refractivity contribution is 5.53. The van der Waals surface area contributed by atoms with E-state index in [0.717, 1.165) is 195 Å². The average Bonchev–Trinajstić information content (AvgIpc) is 0.808. The summed E-state index contributed by atoms with van der Waals surface area (Å²) in [5.74, 6) is 8.63. The molecule has 6 aromatic rings. The normalized spacial score (nSPS) is 15.1. The second-order valence-corrected chi connectivity index (χ2v) is 36.6. The van der Waals surface area contributed by atoms with Gasteiger partial charge in [-0.05, 0) is 207 Å².